The summed E-state index contributed by atoms with van der Waals surface area (Å²) in [6.07, 6.45) is 0. The van der Waals surface area contributed by atoms with Crippen LogP contribution >= 0.6 is 27.5 Å². The van der Waals surface area contributed by atoms with Crippen molar-refractivity contribution in [1.29, 1.82) is 0 Å². The smallest absolute Gasteiger partial charge is 0.246 e. The largest absolute Gasteiger partial charge is 0.340 e. The second-order valence-electron chi connectivity index (χ2n) is 5.53. The van der Waals surface area contributed by atoms with Crippen LogP contribution in [0.15, 0.2) is 53.0 Å². The number of nitrogens with zero attached hydrogens (tertiary/aromatic N) is 5. The van der Waals surface area contributed by atoms with Crippen LogP contribution in [0.25, 0.3) is 11.4 Å². The third kappa shape index (κ3) is 4.64. The lowest BCUT2D eigenvalue weighted by Gasteiger charge is -2.16. The van der Waals surface area contributed by atoms with E-state index in [0.29, 0.717) is 17.4 Å². The van der Waals surface area contributed by atoms with Gasteiger partial charge in [-0.15, -0.1) is 10.2 Å². The number of aromatic nitrogens is 4. The van der Waals surface area contributed by atoms with E-state index in [0.717, 1.165) is 15.6 Å². The molecule has 128 valence electrons. The van der Waals surface area contributed by atoms with Crippen LogP contribution in [0.2, 0.25) is 5.02 Å². The van der Waals surface area contributed by atoms with Crippen LogP contribution in [-0.2, 0) is 17.9 Å². The highest BCUT2D eigenvalue weighted by atomic mass is 79.9. The summed E-state index contributed by atoms with van der Waals surface area (Å²) in [5.74, 6) is 0.364. The third-order valence-electron chi connectivity index (χ3n) is 3.59. The van der Waals surface area contributed by atoms with Crippen molar-refractivity contribution in [3.05, 3.63) is 63.6 Å². The number of carbonyl (C=O) groups is 1. The molecule has 25 heavy (non-hydrogen) atoms. The van der Waals surface area contributed by atoms with Crippen LogP contribution in [0.4, 0.5) is 0 Å². The molecule has 2 aromatic carbocycles. The number of tetrazole rings is 1. The van der Waals surface area contributed by atoms with Crippen LogP contribution in [-0.4, -0.2) is 38.1 Å². The summed E-state index contributed by atoms with van der Waals surface area (Å²) in [7, 11) is 1.75. The van der Waals surface area contributed by atoms with Gasteiger partial charge in [0.2, 0.25) is 11.7 Å². The second kappa shape index (κ2) is 7.76. The van der Waals surface area contributed by atoms with Gasteiger partial charge in [-0.25, -0.2) is 0 Å². The fourth-order valence-electron chi connectivity index (χ4n) is 2.22. The van der Waals surface area contributed by atoms with Crippen molar-refractivity contribution in [2.45, 2.75) is 13.1 Å². The van der Waals surface area contributed by atoms with Gasteiger partial charge in [0.05, 0.1) is 0 Å². The molecule has 6 nitrogen and oxygen atoms in total. The van der Waals surface area contributed by atoms with E-state index in [4.69, 9.17) is 11.6 Å². The molecule has 0 aliphatic carbocycles. The lowest BCUT2D eigenvalue weighted by atomic mass is 10.2. The Balaban J connectivity index is 1.62. The van der Waals surface area contributed by atoms with Crippen LogP contribution in [0.3, 0.4) is 0 Å². The Morgan fingerprint density at radius 2 is 1.84 bits per heavy atom. The first-order chi connectivity index (χ1) is 12.0. The van der Waals surface area contributed by atoms with Crippen LogP contribution in [0.1, 0.15) is 5.56 Å². The number of carbonyl (C=O) groups excluding carboxylic acids is 1. The van der Waals surface area contributed by atoms with Gasteiger partial charge in [0, 0.05) is 28.7 Å². The summed E-state index contributed by atoms with van der Waals surface area (Å²) in [5, 5.41) is 12.8. The number of rotatable bonds is 5. The molecule has 0 spiro atoms. The lowest BCUT2D eigenvalue weighted by Crippen LogP contribution is -2.30. The molecule has 0 radical (unpaired) electrons. The molecule has 0 aliphatic rings. The maximum absolute atomic E-state index is 12.3. The maximum Gasteiger partial charge on any atom is 0.246 e. The molecular formula is C17H15BrClN5O. The van der Waals surface area contributed by atoms with Gasteiger partial charge >= 0.3 is 0 Å². The Morgan fingerprint density at radius 1 is 1.16 bits per heavy atom. The first-order valence-electron chi connectivity index (χ1n) is 7.53. The van der Waals surface area contributed by atoms with Gasteiger partial charge in [0.15, 0.2) is 0 Å². The zero-order valence-corrected chi connectivity index (χ0v) is 15.8. The first-order valence-corrected chi connectivity index (χ1v) is 8.70. The molecule has 0 N–H and O–H groups in total. The van der Waals surface area contributed by atoms with Crippen molar-refractivity contribution in [3.8, 4) is 11.4 Å². The topological polar surface area (TPSA) is 63.9 Å². The van der Waals surface area contributed by atoms with E-state index in [9.17, 15) is 4.79 Å². The molecule has 0 bridgehead atoms. The van der Waals surface area contributed by atoms with Crippen LogP contribution < -0.4 is 0 Å². The van der Waals surface area contributed by atoms with E-state index in [2.05, 4.69) is 31.3 Å². The summed E-state index contributed by atoms with van der Waals surface area (Å²) in [6, 6.07) is 15.0. The van der Waals surface area contributed by atoms with Crippen molar-refractivity contribution >= 4 is 33.4 Å². The average Bonchev–Trinajstić information content (AvgIpc) is 3.06. The molecular weight excluding hydrogens is 406 g/mol. The molecule has 3 aromatic rings. The van der Waals surface area contributed by atoms with E-state index in [1.54, 1.807) is 24.1 Å². The van der Waals surface area contributed by atoms with Crippen molar-refractivity contribution in [3.63, 3.8) is 0 Å². The average molecular weight is 421 g/mol. The van der Waals surface area contributed by atoms with Crippen molar-refractivity contribution in [1.82, 2.24) is 25.1 Å². The first kappa shape index (κ1) is 17.6. The molecule has 1 amide bonds. The zero-order valence-electron chi connectivity index (χ0n) is 13.4. The SMILES string of the molecule is CN(Cc1ccc(Br)cc1)C(=O)Cn1nnc(-c2ccc(Cl)cc2)n1. The number of benzene rings is 2. The summed E-state index contributed by atoms with van der Waals surface area (Å²) in [5.41, 5.74) is 1.85. The van der Waals surface area contributed by atoms with E-state index in [-0.39, 0.29) is 12.5 Å². The number of hydrogen-bond donors (Lipinski definition) is 0. The Labute approximate surface area is 158 Å². The van der Waals surface area contributed by atoms with Crippen molar-refractivity contribution < 1.29 is 4.79 Å². The predicted molar refractivity (Wildman–Crippen MR) is 98.9 cm³/mol. The van der Waals surface area contributed by atoms with E-state index in [1.807, 2.05) is 36.4 Å². The fourth-order valence-corrected chi connectivity index (χ4v) is 2.61. The Hall–Kier alpha value is -2.25. The van der Waals surface area contributed by atoms with Crippen molar-refractivity contribution in [2.75, 3.05) is 7.05 Å². The summed E-state index contributed by atoms with van der Waals surface area (Å²) < 4.78 is 1.01. The van der Waals surface area contributed by atoms with Gasteiger partial charge in [0.25, 0.3) is 0 Å². The zero-order chi connectivity index (χ0) is 17.8. The van der Waals surface area contributed by atoms with E-state index in [1.165, 1.54) is 4.80 Å². The Bertz CT molecular complexity index is 864. The monoisotopic (exact) mass is 419 g/mol. The minimum atomic E-state index is -0.0945. The summed E-state index contributed by atoms with van der Waals surface area (Å²) in [6.45, 7) is 0.554. The Morgan fingerprint density at radius 3 is 2.52 bits per heavy atom. The highest BCUT2D eigenvalue weighted by Crippen LogP contribution is 2.17. The molecule has 0 aliphatic heterocycles. The maximum atomic E-state index is 12.3. The molecule has 0 unspecified atom stereocenters. The number of hydrogen-bond acceptors (Lipinski definition) is 4. The second-order valence-corrected chi connectivity index (χ2v) is 6.88. The lowest BCUT2D eigenvalue weighted by molar-refractivity contribution is -0.131. The van der Waals surface area contributed by atoms with Crippen LogP contribution in [0.5, 0.6) is 0 Å². The molecule has 1 heterocycles. The van der Waals surface area contributed by atoms with Gasteiger partial charge in [-0.05, 0) is 47.2 Å². The summed E-state index contributed by atoms with van der Waals surface area (Å²) in [4.78, 5) is 15.3. The number of halogens is 2. The molecule has 0 fully saturated rings. The van der Waals surface area contributed by atoms with Crippen molar-refractivity contribution in [2.24, 2.45) is 0 Å². The molecule has 8 heteroatoms. The van der Waals surface area contributed by atoms with Gasteiger partial charge < -0.3 is 4.90 Å². The molecule has 0 saturated heterocycles. The quantitative estimate of drug-likeness (QED) is 0.634. The van der Waals surface area contributed by atoms with E-state index >= 15 is 0 Å². The minimum Gasteiger partial charge on any atom is -0.340 e. The highest BCUT2D eigenvalue weighted by Gasteiger charge is 2.13. The van der Waals surface area contributed by atoms with Gasteiger partial charge in [-0.2, -0.15) is 4.80 Å². The summed E-state index contributed by atoms with van der Waals surface area (Å²) >= 11 is 9.26. The van der Waals surface area contributed by atoms with E-state index < -0.39 is 0 Å². The molecule has 0 saturated carbocycles. The Kier molecular flexibility index (Phi) is 5.45. The number of amides is 1. The normalized spacial score (nSPS) is 10.7. The third-order valence-corrected chi connectivity index (χ3v) is 4.37. The fraction of sp³-hybridized carbons (Fsp3) is 0.176. The molecule has 1 aromatic heterocycles. The van der Waals surface area contributed by atoms with Crippen LogP contribution in [0, 0.1) is 0 Å². The highest BCUT2D eigenvalue weighted by molar-refractivity contribution is 9.10. The molecule has 0 atom stereocenters. The molecule has 3 rings (SSSR count). The van der Waals surface area contributed by atoms with Gasteiger partial charge in [0.1, 0.15) is 6.54 Å². The number of likely N-dealkylation sites (N-methyl/N-ethyl adjacent to an activating group) is 1. The predicted octanol–water partition coefficient (Wildman–Crippen LogP) is 3.41. The standard InChI is InChI=1S/C17H15BrClN5O/c1-23(10-12-2-6-14(18)7-3-12)16(25)11-24-21-17(20-22-24)13-4-8-15(19)9-5-13/h2-9H,10-11H2,1H3. The van der Waals surface area contributed by atoms with Gasteiger partial charge in [-0.3, -0.25) is 4.79 Å². The van der Waals surface area contributed by atoms with Gasteiger partial charge in [-0.1, -0.05) is 39.7 Å². The minimum absolute atomic E-state index is 0.0353.